The van der Waals surface area contributed by atoms with Crippen molar-refractivity contribution < 1.29 is 13.5 Å². The van der Waals surface area contributed by atoms with Crippen LogP contribution >= 0.6 is 0 Å². The van der Waals surface area contributed by atoms with Crippen molar-refractivity contribution in [3.05, 3.63) is 46.3 Å². The van der Waals surface area contributed by atoms with Crippen LogP contribution in [0.1, 0.15) is 26.2 Å². The zero-order valence-electron chi connectivity index (χ0n) is 14.1. The monoisotopic (exact) mass is 349 g/mol. The van der Waals surface area contributed by atoms with E-state index in [4.69, 9.17) is 4.74 Å². The number of nitrogens with zero attached hydrogens (tertiary/aromatic N) is 2. The molecule has 1 aromatic heterocycles. The molecule has 1 atom stereocenters. The van der Waals surface area contributed by atoms with E-state index in [1.165, 1.54) is 25.0 Å². The maximum absolute atomic E-state index is 14.2. The topological polar surface area (TPSA) is 58.2 Å². The molecule has 25 heavy (non-hydrogen) atoms. The molecule has 1 saturated heterocycles. The van der Waals surface area contributed by atoms with E-state index in [0.29, 0.717) is 12.5 Å². The smallest absolute Gasteiger partial charge is 0.264 e. The lowest BCUT2D eigenvalue weighted by atomic mass is 10.1. The molecule has 0 saturated carbocycles. The van der Waals surface area contributed by atoms with Crippen LogP contribution in [0.3, 0.4) is 0 Å². The van der Waals surface area contributed by atoms with Gasteiger partial charge in [-0.1, -0.05) is 0 Å². The number of aromatic nitrogens is 2. The normalized spacial score (nSPS) is 17.8. The van der Waals surface area contributed by atoms with Gasteiger partial charge in [-0.3, -0.25) is 4.79 Å². The highest BCUT2D eigenvalue weighted by atomic mass is 19.1. The summed E-state index contributed by atoms with van der Waals surface area (Å²) in [6.07, 6.45) is 3.11. The number of hydrogen-bond acceptors (Lipinski definition) is 4. The molecular weight excluding hydrogens is 328 g/mol. The third-order valence-corrected chi connectivity index (χ3v) is 4.50. The third kappa shape index (κ3) is 4.22. The fraction of sp³-hybridized carbons (Fsp3) is 0.444. The summed E-state index contributed by atoms with van der Waals surface area (Å²) >= 11 is 0. The number of rotatable bonds is 6. The van der Waals surface area contributed by atoms with Crippen molar-refractivity contribution >= 4 is 0 Å². The van der Waals surface area contributed by atoms with Gasteiger partial charge < -0.3 is 9.64 Å². The third-order valence-electron chi connectivity index (χ3n) is 4.50. The Kier molecular flexibility index (Phi) is 5.43. The Morgan fingerprint density at radius 2 is 2.08 bits per heavy atom. The summed E-state index contributed by atoms with van der Waals surface area (Å²) in [5.74, 6) is -1.93. The molecule has 2 heterocycles. The Hall–Kier alpha value is -2.28. The van der Waals surface area contributed by atoms with Crippen LogP contribution in [0.2, 0.25) is 0 Å². The molecular formula is C18H21F2N3O2. The first-order valence-electron chi connectivity index (χ1n) is 8.46. The number of likely N-dealkylation sites (tertiary alicyclic amines) is 1. The van der Waals surface area contributed by atoms with E-state index >= 15 is 0 Å². The Labute approximate surface area is 144 Å². The molecule has 5 nitrogen and oxygen atoms in total. The van der Waals surface area contributed by atoms with Crippen molar-refractivity contribution in [2.75, 3.05) is 19.7 Å². The predicted molar refractivity (Wildman–Crippen MR) is 90.6 cm³/mol. The highest BCUT2D eigenvalue weighted by Gasteiger charge is 2.19. The van der Waals surface area contributed by atoms with Gasteiger partial charge >= 0.3 is 0 Å². The molecule has 0 radical (unpaired) electrons. The number of aromatic amines is 1. The average Bonchev–Trinajstić information content (AvgIpc) is 2.99. The van der Waals surface area contributed by atoms with Crippen molar-refractivity contribution in [2.45, 2.75) is 32.2 Å². The fourth-order valence-corrected chi connectivity index (χ4v) is 3.12. The van der Waals surface area contributed by atoms with Crippen LogP contribution < -0.4 is 10.3 Å². The highest BCUT2D eigenvalue weighted by Crippen LogP contribution is 2.28. The second-order valence-corrected chi connectivity index (χ2v) is 6.30. The molecule has 0 amide bonds. The van der Waals surface area contributed by atoms with Crippen LogP contribution in [0.25, 0.3) is 11.3 Å². The second-order valence-electron chi connectivity index (χ2n) is 6.30. The number of halogens is 2. The zero-order valence-corrected chi connectivity index (χ0v) is 14.1. The minimum atomic E-state index is -0.780. The predicted octanol–water partition coefficient (Wildman–Crippen LogP) is 2.97. The van der Waals surface area contributed by atoms with Crippen LogP contribution in [-0.2, 0) is 0 Å². The van der Waals surface area contributed by atoms with Crippen LogP contribution in [0.4, 0.5) is 8.78 Å². The summed E-state index contributed by atoms with van der Waals surface area (Å²) in [6.45, 7) is 4.39. The molecule has 0 unspecified atom stereocenters. The van der Waals surface area contributed by atoms with E-state index in [9.17, 15) is 13.6 Å². The summed E-state index contributed by atoms with van der Waals surface area (Å²) in [4.78, 5) is 13.4. The molecule has 134 valence electrons. The number of benzene rings is 1. The van der Waals surface area contributed by atoms with Crippen LogP contribution in [0, 0.1) is 11.6 Å². The number of hydrogen-bond donors (Lipinski definition) is 1. The maximum atomic E-state index is 14.2. The number of nitrogens with one attached hydrogen (secondary N) is 1. The zero-order chi connectivity index (χ0) is 17.8. The molecule has 1 aromatic carbocycles. The fourth-order valence-electron chi connectivity index (χ4n) is 3.12. The molecule has 7 heteroatoms. The standard InChI is InChI=1S/C18H21F2N3O2/c1-12-4-2-7-23(12)8-3-9-25-18-14(19)10-13(11-15(18)20)16-5-6-17(24)22-21-16/h5-6,10-12H,2-4,7-9H2,1H3,(H,22,24)/t12-/m1/s1. The molecule has 1 aliphatic rings. The summed E-state index contributed by atoms with van der Waals surface area (Å²) < 4.78 is 33.7. The average molecular weight is 349 g/mol. The molecule has 1 fully saturated rings. The molecule has 2 aromatic rings. The van der Waals surface area contributed by atoms with Gasteiger partial charge in [0.1, 0.15) is 0 Å². The molecule has 0 spiro atoms. The first kappa shape index (κ1) is 17.5. The first-order chi connectivity index (χ1) is 12.0. The van der Waals surface area contributed by atoms with Gasteiger partial charge in [-0.15, -0.1) is 0 Å². The summed E-state index contributed by atoms with van der Waals surface area (Å²) in [7, 11) is 0. The van der Waals surface area contributed by atoms with Gasteiger partial charge in [0.25, 0.3) is 5.56 Å². The van der Waals surface area contributed by atoms with E-state index in [2.05, 4.69) is 22.0 Å². The van der Waals surface area contributed by atoms with Crippen molar-refractivity contribution in [3.8, 4) is 17.0 Å². The van der Waals surface area contributed by atoms with Gasteiger partial charge in [-0.05, 0) is 50.9 Å². The van der Waals surface area contributed by atoms with Gasteiger partial charge in [-0.2, -0.15) is 5.10 Å². The van der Waals surface area contributed by atoms with E-state index in [-0.39, 0.29) is 29.2 Å². The Morgan fingerprint density at radius 1 is 1.32 bits per heavy atom. The first-order valence-corrected chi connectivity index (χ1v) is 8.46. The largest absolute Gasteiger partial charge is 0.488 e. The lowest BCUT2D eigenvalue weighted by Gasteiger charge is -2.20. The maximum Gasteiger partial charge on any atom is 0.264 e. The van der Waals surface area contributed by atoms with Crippen LogP contribution in [0.5, 0.6) is 5.75 Å². The number of H-pyrrole nitrogens is 1. The summed E-state index contributed by atoms with van der Waals surface area (Å²) in [5.41, 5.74) is 0.147. The Balaban J connectivity index is 1.62. The van der Waals surface area contributed by atoms with Crippen LogP contribution in [-0.4, -0.2) is 40.8 Å². The Morgan fingerprint density at radius 3 is 2.68 bits per heavy atom. The molecule has 3 rings (SSSR count). The molecule has 1 N–H and O–H groups in total. The van der Waals surface area contributed by atoms with Crippen molar-refractivity contribution in [1.82, 2.24) is 15.1 Å². The lowest BCUT2D eigenvalue weighted by Crippen LogP contribution is -2.28. The minimum Gasteiger partial charge on any atom is -0.488 e. The van der Waals surface area contributed by atoms with E-state index in [1.54, 1.807) is 0 Å². The SMILES string of the molecule is C[C@@H]1CCCN1CCCOc1c(F)cc(-c2ccc(=O)[nH]n2)cc1F. The minimum absolute atomic E-state index is 0.240. The quantitative estimate of drug-likeness (QED) is 0.815. The van der Waals surface area contributed by atoms with Gasteiger partial charge in [0, 0.05) is 24.2 Å². The molecule has 0 aliphatic carbocycles. The van der Waals surface area contributed by atoms with E-state index in [1.807, 2.05) is 0 Å². The highest BCUT2D eigenvalue weighted by molar-refractivity contribution is 5.60. The Bertz CT molecular complexity index is 751. The van der Waals surface area contributed by atoms with Crippen molar-refractivity contribution in [3.63, 3.8) is 0 Å². The second kappa shape index (κ2) is 7.74. The van der Waals surface area contributed by atoms with Crippen LogP contribution in [0.15, 0.2) is 29.1 Å². The van der Waals surface area contributed by atoms with Gasteiger partial charge in [0.2, 0.25) is 0 Å². The van der Waals surface area contributed by atoms with E-state index < -0.39 is 11.6 Å². The van der Waals surface area contributed by atoms with Gasteiger partial charge in [0.05, 0.1) is 12.3 Å². The van der Waals surface area contributed by atoms with E-state index in [0.717, 1.165) is 25.2 Å². The lowest BCUT2D eigenvalue weighted by molar-refractivity contribution is 0.222. The van der Waals surface area contributed by atoms with Crippen molar-refractivity contribution in [2.24, 2.45) is 0 Å². The molecule has 0 bridgehead atoms. The van der Waals surface area contributed by atoms with Gasteiger partial charge in [0.15, 0.2) is 17.4 Å². The van der Waals surface area contributed by atoms with Crippen molar-refractivity contribution in [1.29, 1.82) is 0 Å². The van der Waals surface area contributed by atoms with Gasteiger partial charge in [-0.25, -0.2) is 13.9 Å². The summed E-state index contributed by atoms with van der Waals surface area (Å²) in [6, 6.07) is 5.54. The molecule has 1 aliphatic heterocycles. The number of ether oxygens (including phenoxy) is 1. The summed E-state index contributed by atoms with van der Waals surface area (Å²) in [5, 5.41) is 6.01.